The second kappa shape index (κ2) is 6.99. The molecule has 0 aliphatic carbocycles. The molecule has 2 aromatic rings. The number of ether oxygens (including phenoxy) is 2. The van der Waals surface area contributed by atoms with Crippen LogP contribution in [0, 0.1) is 0 Å². The molecule has 1 heterocycles. The largest absolute Gasteiger partial charge is 0.431 e. The third-order valence-electron chi connectivity index (χ3n) is 2.22. The van der Waals surface area contributed by atoms with E-state index in [4.69, 9.17) is 25.5 Å². The van der Waals surface area contributed by atoms with Gasteiger partial charge in [-0.1, -0.05) is 23.4 Å². The van der Waals surface area contributed by atoms with Gasteiger partial charge in [0.15, 0.2) is 5.58 Å². The molecule has 0 atom stereocenters. The van der Waals surface area contributed by atoms with Crippen molar-refractivity contribution in [3.63, 3.8) is 0 Å². The Hall–Kier alpha value is -0.750. The summed E-state index contributed by atoms with van der Waals surface area (Å²) in [7, 11) is 1.65. The van der Waals surface area contributed by atoms with E-state index in [1.165, 1.54) is 11.8 Å². The predicted octanol–water partition coefficient (Wildman–Crippen LogP) is 3.24. The summed E-state index contributed by atoms with van der Waals surface area (Å²) in [5.41, 5.74) is 1.53. The molecule has 0 radical (unpaired) electrons. The van der Waals surface area contributed by atoms with E-state index >= 15 is 0 Å². The van der Waals surface area contributed by atoms with Crippen LogP contribution in [0.3, 0.4) is 0 Å². The number of hydrogen-bond acceptors (Lipinski definition) is 5. The minimum absolute atomic E-state index is 0.611. The fraction of sp³-hybridized carbons (Fsp3) is 0.417. The minimum Gasteiger partial charge on any atom is -0.431 e. The fourth-order valence-corrected chi connectivity index (χ4v) is 2.22. The first-order chi connectivity index (χ1) is 8.79. The Morgan fingerprint density at radius 3 is 3.06 bits per heavy atom. The number of methoxy groups -OCH3 is 1. The van der Waals surface area contributed by atoms with E-state index in [9.17, 15) is 0 Å². The van der Waals surface area contributed by atoms with Gasteiger partial charge in [0.25, 0.3) is 5.22 Å². The van der Waals surface area contributed by atoms with E-state index in [0.29, 0.717) is 35.6 Å². The maximum absolute atomic E-state index is 5.88. The minimum atomic E-state index is 0.611. The standard InChI is InChI=1S/C12H14ClNO3S/c1-15-4-5-16-6-7-18-12-14-10-3-2-9(13)8-11(10)17-12/h2-3,8H,4-7H2,1H3. The molecule has 0 fully saturated rings. The molecule has 0 saturated carbocycles. The highest BCUT2D eigenvalue weighted by Gasteiger charge is 2.06. The van der Waals surface area contributed by atoms with Gasteiger partial charge in [-0.15, -0.1) is 0 Å². The van der Waals surface area contributed by atoms with Crippen LogP contribution in [0.15, 0.2) is 27.8 Å². The topological polar surface area (TPSA) is 44.5 Å². The highest BCUT2D eigenvalue weighted by atomic mass is 35.5. The van der Waals surface area contributed by atoms with Gasteiger partial charge in [-0.25, -0.2) is 4.98 Å². The van der Waals surface area contributed by atoms with Crippen molar-refractivity contribution in [1.29, 1.82) is 0 Å². The Kier molecular flexibility index (Phi) is 5.31. The molecule has 0 saturated heterocycles. The molecule has 1 aromatic heterocycles. The average molecular weight is 288 g/mol. The molecule has 2 rings (SSSR count). The lowest BCUT2D eigenvalue weighted by atomic mass is 10.3. The molecule has 18 heavy (non-hydrogen) atoms. The highest BCUT2D eigenvalue weighted by molar-refractivity contribution is 7.99. The normalized spacial score (nSPS) is 11.2. The smallest absolute Gasteiger partial charge is 0.256 e. The van der Waals surface area contributed by atoms with Gasteiger partial charge >= 0.3 is 0 Å². The number of oxazole rings is 1. The van der Waals surface area contributed by atoms with Gasteiger partial charge in [0.2, 0.25) is 0 Å². The maximum atomic E-state index is 5.88. The van der Waals surface area contributed by atoms with Crippen LogP contribution >= 0.6 is 23.4 Å². The molecule has 6 heteroatoms. The molecule has 0 aliphatic heterocycles. The number of aromatic nitrogens is 1. The van der Waals surface area contributed by atoms with Crippen LogP contribution in [0.4, 0.5) is 0 Å². The van der Waals surface area contributed by atoms with Crippen molar-refractivity contribution in [2.24, 2.45) is 0 Å². The number of nitrogens with zero attached hydrogens (tertiary/aromatic N) is 1. The molecule has 0 N–H and O–H groups in total. The molecule has 0 aliphatic rings. The Labute approximate surface area is 115 Å². The number of benzene rings is 1. The number of fused-ring (bicyclic) bond motifs is 1. The van der Waals surface area contributed by atoms with Gasteiger partial charge in [0, 0.05) is 24.0 Å². The first kappa shape index (κ1) is 13.7. The number of thioether (sulfide) groups is 1. The van der Waals surface area contributed by atoms with E-state index in [0.717, 1.165) is 11.3 Å². The Morgan fingerprint density at radius 1 is 1.33 bits per heavy atom. The van der Waals surface area contributed by atoms with Crippen molar-refractivity contribution in [3.8, 4) is 0 Å². The summed E-state index contributed by atoms with van der Waals surface area (Å²) < 4.78 is 15.8. The van der Waals surface area contributed by atoms with E-state index in [1.807, 2.05) is 6.07 Å². The van der Waals surface area contributed by atoms with Gasteiger partial charge in [-0.3, -0.25) is 0 Å². The SMILES string of the molecule is COCCOCCSc1nc2ccc(Cl)cc2o1. The zero-order valence-corrected chi connectivity index (χ0v) is 11.6. The molecule has 1 aromatic carbocycles. The van der Waals surface area contributed by atoms with E-state index in [1.54, 1.807) is 19.2 Å². The third-order valence-corrected chi connectivity index (χ3v) is 3.24. The predicted molar refractivity (Wildman–Crippen MR) is 72.4 cm³/mol. The summed E-state index contributed by atoms with van der Waals surface area (Å²) in [6.07, 6.45) is 0. The van der Waals surface area contributed by atoms with Gasteiger partial charge < -0.3 is 13.9 Å². The Bertz CT molecular complexity index is 503. The number of halogens is 1. The molecule has 0 spiro atoms. The van der Waals surface area contributed by atoms with Crippen molar-refractivity contribution in [3.05, 3.63) is 23.2 Å². The van der Waals surface area contributed by atoms with Gasteiger partial charge in [-0.2, -0.15) is 0 Å². The monoisotopic (exact) mass is 287 g/mol. The lowest BCUT2D eigenvalue weighted by molar-refractivity contribution is 0.0789. The molecule has 0 bridgehead atoms. The first-order valence-corrected chi connectivity index (χ1v) is 6.91. The van der Waals surface area contributed by atoms with E-state index in [2.05, 4.69) is 4.98 Å². The van der Waals surface area contributed by atoms with Gasteiger partial charge in [0.05, 0.1) is 19.8 Å². The zero-order valence-electron chi connectivity index (χ0n) is 10.0. The van der Waals surface area contributed by atoms with Crippen LogP contribution < -0.4 is 0 Å². The average Bonchev–Trinajstić information content (AvgIpc) is 2.75. The molecule has 0 unspecified atom stereocenters. The van der Waals surface area contributed by atoms with Gasteiger partial charge in [0.1, 0.15) is 5.52 Å². The Balaban J connectivity index is 1.81. The van der Waals surface area contributed by atoms with E-state index in [-0.39, 0.29) is 0 Å². The maximum Gasteiger partial charge on any atom is 0.256 e. The van der Waals surface area contributed by atoms with Crippen molar-refractivity contribution < 1.29 is 13.9 Å². The van der Waals surface area contributed by atoms with Crippen LogP contribution in [0.2, 0.25) is 5.02 Å². The number of rotatable bonds is 7. The van der Waals surface area contributed by atoms with Crippen molar-refractivity contribution in [2.75, 3.05) is 32.7 Å². The van der Waals surface area contributed by atoms with E-state index < -0.39 is 0 Å². The zero-order chi connectivity index (χ0) is 12.8. The molecular weight excluding hydrogens is 274 g/mol. The van der Waals surface area contributed by atoms with Crippen LogP contribution in [-0.4, -0.2) is 37.7 Å². The third kappa shape index (κ3) is 3.88. The fourth-order valence-electron chi connectivity index (χ4n) is 1.37. The number of hydrogen-bond donors (Lipinski definition) is 0. The Morgan fingerprint density at radius 2 is 2.22 bits per heavy atom. The molecule has 98 valence electrons. The van der Waals surface area contributed by atoms with Crippen molar-refractivity contribution in [1.82, 2.24) is 4.98 Å². The van der Waals surface area contributed by atoms with Gasteiger partial charge in [-0.05, 0) is 12.1 Å². The quantitative estimate of drug-likeness (QED) is 0.578. The second-order valence-corrected chi connectivity index (χ2v) is 5.03. The van der Waals surface area contributed by atoms with Crippen LogP contribution in [-0.2, 0) is 9.47 Å². The summed E-state index contributed by atoms with van der Waals surface area (Å²) in [4.78, 5) is 4.35. The molecule has 0 amide bonds. The first-order valence-electron chi connectivity index (χ1n) is 5.55. The lowest BCUT2D eigenvalue weighted by Crippen LogP contribution is -2.04. The summed E-state index contributed by atoms with van der Waals surface area (Å²) in [6.45, 7) is 1.87. The van der Waals surface area contributed by atoms with Crippen molar-refractivity contribution >= 4 is 34.5 Å². The molecule has 4 nitrogen and oxygen atoms in total. The van der Waals surface area contributed by atoms with Crippen molar-refractivity contribution in [2.45, 2.75) is 5.22 Å². The summed E-state index contributed by atoms with van der Waals surface area (Å²) in [6, 6.07) is 5.41. The highest BCUT2D eigenvalue weighted by Crippen LogP contribution is 2.25. The summed E-state index contributed by atoms with van der Waals surface area (Å²) in [5.74, 6) is 0.796. The second-order valence-electron chi connectivity index (χ2n) is 3.55. The van der Waals surface area contributed by atoms with Crippen LogP contribution in [0.5, 0.6) is 0 Å². The summed E-state index contributed by atoms with van der Waals surface area (Å²) >= 11 is 7.40. The van der Waals surface area contributed by atoms with Crippen LogP contribution in [0.25, 0.3) is 11.1 Å². The molecular formula is C12H14ClNO3S. The lowest BCUT2D eigenvalue weighted by Gasteiger charge is -2.00. The summed E-state index contributed by atoms with van der Waals surface area (Å²) in [5, 5.41) is 1.29. The van der Waals surface area contributed by atoms with Crippen LogP contribution in [0.1, 0.15) is 0 Å².